The maximum atomic E-state index is 6.26. The van der Waals surface area contributed by atoms with E-state index in [1.165, 1.54) is 0 Å². The Balaban J connectivity index is 1.76. The average molecular weight is 373 g/mol. The molecule has 1 aromatic carbocycles. The Labute approximate surface area is 157 Å². The summed E-state index contributed by atoms with van der Waals surface area (Å²) in [6, 6.07) is 7.85. The van der Waals surface area contributed by atoms with Crippen molar-refractivity contribution in [1.82, 2.24) is 19.7 Å². The molecule has 1 unspecified atom stereocenters. The normalized spacial score (nSPS) is 11.8. The van der Waals surface area contributed by atoms with Crippen LogP contribution in [0.3, 0.4) is 0 Å². The van der Waals surface area contributed by atoms with Crippen molar-refractivity contribution < 1.29 is 4.74 Å². The highest BCUT2D eigenvalue weighted by molar-refractivity contribution is 6.32. The third-order valence-corrected chi connectivity index (χ3v) is 4.18. The molecule has 3 aromatic rings. The van der Waals surface area contributed by atoms with Gasteiger partial charge in [0.05, 0.1) is 31.2 Å². The lowest BCUT2D eigenvalue weighted by Crippen LogP contribution is -2.10. The summed E-state index contributed by atoms with van der Waals surface area (Å²) in [4.78, 5) is 8.70. The van der Waals surface area contributed by atoms with Crippen molar-refractivity contribution in [1.29, 1.82) is 0 Å². The van der Waals surface area contributed by atoms with Gasteiger partial charge >= 0.3 is 0 Å². The van der Waals surface area contributed by atoms with Crippen LogP contribution in [0.4, 0.5) is 17.5 Å². The van der Waals surface area contributed by atoms with E-state index in [2.05, 4.69) is 25.7 Å². The third kappa shape index (κ3) is 4.23. The number of methoxy groups -OCH3 is 1. The Bertz CT molecular complexity index is 882. The Kier molecular flexibility index (Phi) is 5.58. The van der Waals surface area contributed by atoms with Gasteiger partial charge in [-0.15, -0.1) is 0 Å². The van der Waals surface area contributed by atoms with Gasteiger partial charge in [0.15, 0.2) is 5.82 Å². The van der Waals surface area contributed by atoms with Gasteiger partial charge in [-0.2, -0.15) is 10.1 Å². The largest absolute Gasteiger partial charge is 0.497 e. The maximum Gasteiger partial charge on any atom is 0.229 e. The number of aryl methyl sites for hydroxylation is 1. The molecule has 0 bridgehead atoms. The summed E-state index contributed by atoms with van der Waals surface area (Å²) in [5, 5.41) is 11.1. The molecule has 0 aliphatic rings. The van der Waals surface area contributed by atoms with E-state index in [9.17, 15) is 0 Å². The van der Waals surface area contributed by atoms with Crippen LogP contribution in [-0.2, 0) is 6.54 Å². The first-order chi connectivity index (χ1) is 12.6. The lowest BCUT2D eigenvalue weighted by molar-refractivity contribution is 0.414. The van der Waals surface area contributed by atoms with Crippen molar-refractivity contribution >= 4 is 29.1 Å². The topological polar surface area (TPSA) is 76.9 Å². The van der Waals surface area contributed by atoms with Gasteiger partial charge in [0.2, 0.25) is 5.95 Å². The van der Waals surface area contributed by atoms with Crippen LogP contribution in [0, 0.1) is 0 Å². The van der Waals surface area contributed by atoms with Crippen LogP contribution in [-0.4, -0.2) is 26.9 Å². The quantitative estimate of drug-likeness (QED) is 0.644. The van der Waals surface area contributed by atoms with Crippen LogP contribution in [0.2, 0.25) is 5.02 Å². The molecule has 0 saturated heterocycles. The summed E-state index contributed by atoms with van der Waals surface area (Å²) in [6.45, 7) is 4.86. The lowest BCUT2D eigenvalue weighted by Gasteiger charge is -2.17. The van der Waals surface area contributed by atoms with Gasteiger partial charge in [-0.3, -0.25) is 4.68 Å². The minimum atomic E-state index is -0.00630. The van der Waals surface area contributed by atoms with Crippen LogP contribution in [0.5, 0.6) is 5.75 Å². The van der Waals surface area contributed by atoms with Crippen molar-refractivity contribution in [3.8, 4) is 5.75 Å². The van der Waals surface area contributed by atoms with E-state index in [1.807, 2.05) is 49.0 Å². The van der Waals surface area contributed by atoms with Crippen molar-refractivity contribution in [2.45, 2.75) is 26.4 Å². The standard InChI is InChI=1S/C18H21ClN6O/c1-4-25-11-14(9-21-25)23-18-20-10-16(19)17(24-18)22-12(2)13-6-5-7-15(8-13)26-3/h5-12H,4H2,1-3H3,(H2,20,22,23,24). The predicted octanol–water partition coefficient (Wildman–Crippen LogP) is 4.27. The number of rotatable bonds is 7. The molecule has 7 nitrogen and oxygen atoms in total. The number of nitrogens with zero attached hydrogens (tertiary/aromatic N) is 4. The minimum Gasteiger partial charge on any atom is -0.497 e. The van der Waals surface area contributed by atoms with E-state index in [-0.39, 0.29) is 6.04 Å². The van der Waals surface area contributed by atoms with Gasteiger partial charge < -0.3 is 15.4 Å². The van der Waals surface area contributed by atoms with Gasteiger partial charge in [0.1, 0.15) is 10.8 Å². The number of anilines is 3. The zero-order chi connectivity index (χ0) is 18.5. The molecule has 0 radical (unpaired) electrons. The summed E-state index contributed by atoms with van der Waals surface area (Å²) in [7, 11) is 1.65. The van der Waals surface area contributed by atoms with E-state index in [0.717, 1.165) is 23.5 Å². The number of hydrogen-bond acceptors (Lipinski definition) is 6. The monoisotopic (exact) mass is 372 g/mol. The molecule has 2 aromatic heterocycles. The van der Waals surface area contributed by atoms with E-state index >= 15 is 0 Å². The second-order valence-corrected chi connectivity index (χ2v) is 6.15. The predicted molar refractivity (Wildman–Crippen MR) is 103 cm³/mol. The zero-order valence-corrected chi connectivity index (χ0v) is 15.7. The summed E-state index contributed by atoms with van der Waals surface area (Å²) in [6.07, 6.45) is 5.19. The van der Waals surface area contributed by atoms with Crippen LogP contribution < -0.4 is 15.4 Å². The highest BCUT2D eigenvalue weighted by Gasteiger charge is 2.12. The number of halogens is 1. The van der Waals surface area contributed by atoms with Crippen LogP contribution in [0.25, 0.3) is 0 Å². The second-order valence-electron chi connectivity index (χ2n) is 5.74. The highest BCUT2D eigenvalue weighted by atomic mass is 35.5. The average Bonchev–Trinajstić information content (AvgIpc) is 3.12. The molecule has 26 heavy (non-hydrogen) atoms. The second kappa shape index (κ2) is 8.05. The molecule has 0 aliphatic carbocycles. The molecule has 0 spiro atoms. The lowest BCUT2D eigenvalue weighted by atomic mass is 10.1. The van der Waals surface area contributed by atoms with Crippen molar-refractivity contribution in [2.75, 3.05) is 17.7 Å². The number of hydrogen-bond donors (Lipinski definition) is 2. The number of ether oxygens (including phenoxy) is 1. The van der Waals surface area contributed by atoms with Crippen molar-refractivity contribution in [2.24, 2.45) is 0 Å². The summed E-state index contributed by atoms with van der Waals surface area (Å²) in [5.41, 5.74) is 1.89. The van der Waals surface area contributed by atoms with Gasteiger partial charge in [-0.05, 0) is 31.5 Å². The summed E-state index contributed by atoms with van der Waals surface area (Å²) in [5.74, 6) is 1.81. The van der Waals surface area contributed by atoms with Gasteiger partial charge in [-0.1, -0.05) is 23.7 Å². The first-order valence-electron chi connectivity index (χ1n) is 8.31. The molecule has 1 atom stereocenters. The Hall–Kier alpha value is -2.80. The summed E-state index contributed by atoms with van der Waals surface area (Å²) >= 11 is 6.26. The third-order valence-electron chi connectivity index (χ3n) is 3.90. The van der Waals surface area contributed by atoms with E-state index in [1.54, 1.807) is 19.5 Å². The number of aromatic nitrogens is 4. The smallest absolute Gasteiger partial charge is 0.229 e. The van der Waals surface area contributed by atoms with Gasteiger partial charge in [0, 0.05) is 12.7 Å². The fourth-order valence-corrected chi connectivity index (χ4v) is 2.60. The molecule has 2 N–H and O–H groups in total. The Morgan fingerprint density at radius 3 is 2.88 bits per heavy atom. The fraction of sp³-hybridized carbons (Fsp3) is 0.278. The number of benzene rings is 1. The first-order valence-corrected chi connectivity index (χ1v) is 8.69. The molecule has 136 valence electrons. The van der Waals surface area contributed by atoms with Gasteiger partial charge in [-0.25, -0.2) is 4.98 Å². The molecule has 8 heteroatoms. The highest BCUT2D eigenvalue weighted by Crippen LogP contribution is 2.27. The molecule has 2 heterocycles. The van der Waals surface area contributed by atoms with E-state index in [4.69, 9.17) is 16.3 Å². The van der Waals surface area contributed by atoms with E-state index in [0.29, 0.717) is 16.8 Å². The van der Waals surface area contributed by atoms with Gasteiger partial charge in [0.25, 0.3) is 0 Å². The van der Waals surface area contributed by atoms with Crippen LogP contribution >= 0.6 is 11.6 Å². The SMILES string of the molecule is CCn1cc(Nc2ncc(Cl)c(NC(C)c3cccc(OC)c3)n2)cn1. The molecular formula is C18H21ClN6O. The zero-order valence-electron chi connectivity index (χ0n) is 14.9. The first kappa shape index (κ1) is 18.0. The van der Waals surface area contributed by atoms with Crippen LogP contribution in [0.1, 0.15) is 25.5 Å². The maximum absolute atomic E-state index is 6.26. The minimum absolute atomic E-state index is 0.00630. The van der Waals surface area contributed by atoms with Crippen molar-refractivity contribution in [3.05, 3.63) is 53.4 Å². The molecule has 0 saturated carbocycles. The molecule has 0 fully saturated rings. The molecule has 3 rings (SSSR count). The Morgan fingerprint density at radius 1 is 1.31 bits per heavy atom. The van der Waals surface area contributed by atoms with Crippen molar-refractivity contribution in [3.63, 3.8) is 0 Å². The van der Waals surface area contributed by atoms with Crippen LogP contribution in [0.15, 0.2) is 42.9 Å². The number of nitrogens with one attached hydrogen (secondary N) is 2. The molecule has 0 amide bonds. The summed E-state index contributed by atoms with van der Waals surface area (Å²) < 4.78 is 7.10. The fourth-order valence-electron chi connectivity index (χ4n) is 2.46. The molecule has 0 aliphatic heterocycles. The molecular weight excluding hydrogens is 352 g/mol. The Morgan fingerprint density at radius 2 is 2.15 bits per heavy atom. The van der Waals surface area contributed by atoms with E-state index < -0.39 is 0 Å².